The van der Waals surface area contributed by atoms with Gasteiger partial charge in [0.15, 0.2) is 0 Å². The second kappa shape index (κ2) is 9.44. The topological polar surface area (TPSA) is 103 Å². The molecule has 0 bridgehead atoms. The van der Waals surface area contributed by atoms with Crippen LogP contribution in [0.4, 0.5) is 16.0 Å². The van der Waals surface area contributed by atoms with Crippen LogP contribution in [0.25, 0.3) is 22.5 Å². The number of amides is 1. The number of nitrogens with zero attached hydrogens (tertiary/aromatic N) is 3. The van der Waals surface area contributed by atoms with E-state index in [9.17, 15) is 14.0 Å². The first-order valence-corrected chi connectivity index (χ1v) is 10.3. The van der Waals surface area contributed by atoms with E-state index in [0.717, 1.165) is 5.56 Å². The number of nitrogen functional groups attached to an aromatic ring is 1. The second-order valence-electron chi connectivity index (χ2n) is 7.54. The molecule has 0 unspecified atom stereocenters. The van der Waals surface area contributed by atoms with Crippen LogP contribution in [0.1, 0.15) is 12.0 Å². The first-order valence-electron chi connectivity index (χ1n) is 10.3. The summed E-state index contributed by atoms with van der Waals surface area (Å²) in [6.45, 7) is 0. The normalized spacial score (nSPS) is 10.7. The third-order valence-electron chi connectivity index (χ3n) is 5.19. The molecule has 7 nitrogen and oxygen atoms in total. The van der Waals surface area contributed by atoms with Gasteiger partial charge in [0, 0.05) is 25.4 Å². The van der Waals surface area contributed by atoms with Crippen molar-refractivity contribution in [1.29, 1.82) is 0 Å². The zero-order valence-corrected chi connectivity index (χ0v) is 18.0. The van der Waals surface area contributed by atoms with Crippen LogP contribution in [0.15, 0.2) is 77.7 Å². The lowest BCUT2D eigenvalue weighted by Gasteiger charge is -2.15. The van der Waals surface area contributed by atoms with Crippen molar-refractivity contribution >= 4 is 17.5 Å². The summed E-state index contributed by atoms with van der Waals surface area (Å²) in [4.78, 5) is 34.8. The molecule has 2 heterocycles. The van der Waals surface area contributed by atoms with Crippen molar-refractivity contribution < 1.29 is 9.18 Å². The van der Waals surface area contributed by atoms with Crippen molar-refractivity contribution in [1.82, 2.24) is 14.5 Å². The molecule has 0 atom stereocenters. The Morgan fingerprint density at radius 2 is 1.82 bits per heavy atom. The van der Waals surface area contributed by atoms with Gasteiger partial charge in [0.1, 0.15) is 11.5 Å². The molecule has 0 aliphatic rings. The maximum Gasteiger partial charge on any atom is 0.263 e. The van der Waals surface area contributed by atoms with Crippen molar-refractivity contribution in [3.63, 3.8) is 0 Å². The van der Waals surface area contributed by atoms with Gasteiger partial charge >= 0.3 is 0 Å². The monoisotopic (exact) mass is 443 g/mol. The van der Waals surface area contributed by atoms with Crippen LogP contribution in [-0.4, -0.2) is 20.4 Å². The number of pyridine rings is 1. The van der Waals surface area contributed by atoms with Crippen molar-refractivity contribution in [3.05, 3.63) is 94.7 Å². The first-order chi connectivity index (χ1) is 15.9. The molecule has 0 spiro atoms. The highest BCUT2D eigenvalue weighted by molar-refractivity contribution is 5.90. The predicted molar refractivity (Wildman–Crippen MR) is 126 cm³/mol. The summed E-state index contributed by atoms with van der Waals surface area (Å²) in [7, 11) is 1.52. The lowest BCUT2D eigenvalue weighted by Crippen LogP contribution is -2.27. The largest absolute Gasteiger partial charge is 0.399 e. The van der Waals surface area contributed by atoms with E-state index in [1.165, 1.54) is 42.1 Å². The van der Waals surface area contributed by atoms with E-state index in [1.54, 1.807) is 12.1 Å². The number of rotatable bonds is 6. The average molecular weight is 443 g/mol. The van der Waals surface area contributed by atoms with Crippen LogP contribution in [0, 0.1) is 5.82 Å². The molecule has 166 valence electrons. The molecule has 8 heteroatoms. The Kier molecular flexibility index (Phi) is 6.26. The van der Waals surface area contributed by atoms with Gasteiger partial charge in [-0.15, -0.1) is 0 Å². The van der Waals surface area contributed by atoms with Gasteiger partial charge in [-0.25, -0.2) is 9.37 Å². The van der Waals surface area contributed by atoms with Crippen LogP contribution in [-0.2, 0) is 18.3 Å². The number of carbonyl (C=O) groups excluding carboxylic acids is 1. The van der Waals surface area contributed by atoms with Gasteiger partial charge in [-0.05, 0) is 41.8 Å². The average Bonchev–Trinajstić information content (AvgIpc) is 2.82. The molecule has 2 aromatic heterocycles. The number of anilines is 2. The molecule has 0 radical (unpaired) electrons. The number of carbonyl (C=O) groups is 1. The van der Waals surface area contributed by atoms with Crippen molar-refractivity contribution in [2.24, 2.45) is 7.05 Å². The SMILES string of the molecule is Cn1c(NC(=O)CCc2ccccc2)nc(-c2cc(N)ccn2)c(-c2ccc(F)cc2)c1=O. The van der Waals surface area contributed by atoms with Crippen molar-refractivity contribution in [2.45, 2.75) is 12.8 Å². The van der Waals surface area contributed by atoms with Crippen molar-refractivity contribution in [2.75, 3.05) is 11.1 Å². The molecule has 0 aliphatic carbocycles. The van der Waals surface area contributed by atoms with Gasteiger partial charge in [-0.1, -0.05) is 42.5 Å². The number of hydrogen-bond acceptors (Lipinski definition) is 5. The van der Waals surface area contributed by atoms with Crippen LogP contribution in [0.5, 0.6) is 0 Å². The minimum Gasteiger partial charge on any atom is -0.399 e. The van der Waals surface area contributed by atoms with Crippen LogP contribution in [0.2, 0.25) is 0 Å². The van der Waals surface area contributed by atoms with E-state index in [2.05, 4.69) is 15.3 Å². The van der Waals surface area contributed by atoms with E-state index >= 15 is 0 Å². The fraction of sp³-hybridized carbons (Fsp3) is 0.120. The van der Waals surface area contributed by atoms with Crippen LogP contribution >= 0.6 is 0 Å². The minimum absolute atomic E-state index is 0.0862. The Bertz CT molecular complexity index is 1350. The number of hydrogen-bond donors (Lipinski definition) is 2. The Hall–Kier alpha value is -4.33. The third-order valence-corrected chi connectivity index (χ3v) is 5.19. The molecular weight excluding hydrogens is 421 g/mol. The first kappa shape index (κ1) is 21.9. The molecule has 2 aromatic carbocycles. The number of aromatic nitrogens is 3. The second-order valence-corrected chi connectivity index (χ2v) is 7.54. The molecular formula is C25H22FN5O2. The van der Waals surface area contributed by atoms with Gasteiger partial charge in [0.05, 0.1) is 11.3 Å². The zero-order chi connectivity index (χ0) is 23.4. The molecule has 4 aromatic rings. The number of nitrogens with two attached hydrogens (primary N) is 1. The summed E-state index contributed by atoms with van der Waals surface area (Å²) in [6.07, 6.45) is 2.29. The van der Waals surface area contributed by atoms with E-state index in [-0.39, 0.29) is 29.5 Å². The highest BCUT2D eigenvalue weighted by Crippen LogP contribution is 2.28. The Balaban J connectivity index is 1.74. The molecule has 4 rings (SSSR count). The van der Waals surface area contributed by atoms with Gasteiger partial charge in [-0.3, -0.25) is 24.5 Å². The lowest BCUT2D eigenvalue weighted by molar-refractivity contribution is -0.116. The Morgan fingerprint density at radius 1 is 1.09 bits per heavy atom. The Labute approximate surface area is 189 Å². The van der Waals surface area contributed by atoms with Gasteiger partial charge in [0.25, 0.3) is 5.56 Å². The summed E-state index contributed by atoms with van der Waals surface area (Å²) in [5.41, 5.74) is 8.31. The van der Waals surface area contributed by atoms with Crippen molar-refractivity contribution in [3.8, 4) is 22.5 Å². The zero-order valence-electron chi connectivity index (χ0n) is 18.0. The summed E-state index contributed by atoms with van der Waals surface area (Å²) in [5, 5.41) is 2.73. The molecule has 33 heavy (non-hydrogen) atoms. The van der Waals surface area contributed by atoms with Crippen LogP contribution < -0.4 is 16.6 Å². The van der Waals surface area contributed by atoms with Gasteiger partial charge in [0.2, 0.25) is 11.9 Å². The minimum atomic E-state index is -0.422. The number of benzene rings is 2. The fourth-order valence-electron chi connectivity index (χ4n) is 3.44. The summed E-state index contributed by atoms with van der Waals surface area (Å²) >= 11 is 0. The quantitative estimate of drug-likeness (QED) is 0.472. The molecule has 0 fully saturated rings. The maximum atomic E-state index is 13.5. The summed E-state index contributed by atoms with van der Waals surface area (Å²) in [5.74, 6) is -0.611. The van der Waals surface area contributed by atoms with E-state index in [0.29, 0.717) is 23.4 Å². The maximum absolute atomic E-state index is 13.5. The van der Waals surface area contributed by atoms with E-state index in [1.807, 2.05) is 30.3 Å². The highest BCUT2D eigenvalue weighted by Gasteiger charge is 2.20. The Morgan fingerprint density at radius 3 is 2.52 bits per heavy atom. The molecule has 0 saturated carbocycles. The lowest BCUT2D eigenvalue weighted by atomic mass is 10.0. The summed E-state index contributed by atoms with van der Waals surface area (Å²) in [6, 6.07) is 18.4. The van der Waals surface area contributed by atoms with E-state index in [4.69, 9.17) is 5.73 Å². The molecule has 1 amide bonds. The summed E-state index contributed by atoms with van der Waals surface area (Å²) < 4.78 is 14.7. The molecule has 3 N–H and O–H groups in total. The van der Waals surface area contributed by atoms with Gasteiger partial charge in [-0.2, -0.15) is 0 Å². The fourth-order valence-corrected chi connectivity index (χ4v) is 3.44. The smallest absolute Gasteiger partial charge is 0.263 e. The molecule has 0 aliphatic heterocycles. The number of nitrogens with one attached hydrogen (secondary N) is 1. The predicted octanol–water partition coefficient (Wildman–Crippen LogP) is 3.80. The van der Waals surface area contributed by atoms with E-state index < -0.39 is 11.4 Å². The van der Waals surface area contributed by atoms with Gasteiger partial charge < -0.3 is 5.73 Å². The third kappa shape index (κ3) is 4.95. The number of halogens is 1. The molecule has 0 saturated heterocycles. The van der Waals surface area contributed by atoms with Crippen LogP contribution in [0.3, 0.4) is 0 Å². The highest BCUT2D eigenvalue weighted by atomic mass is 19.1. The number of aryl methyl sites for hydroxylation is 1. The standard InChI is InChI=1S/C25H22FN5O2/c1-31-24(33)22(17-8-10-18(26)11-9-17)23(20-15-19(27)13-14-28-20)30-25(31)29-21(32)12-7-16-5-3-2-4-6-16/h2-6,8-11,13-15H,7,12H2,1H3,(H2,27,28)(H,29,30,32).